The van der Waals surface area contributed by atoms with E-state index < -0.39 is 0 Å². The number of nitrogens with one attached hydrogen (secondary N) is 1. The van der Waals surface area contributed by atoms with E-state index in [9.17, 15) is 9.59 Å². The molecule has 0 atom stereocenters. The molecule has 1 amide bonds. The maximum absolute atomic E-state index is 12.1. The highest BCUT2D eigenvalue weighted by atomic mass is 16.5. The first kappa shape index (κ1) is 18.9. The third-order valence-corrected chi connectivity index (χ3v) is 4.39. The first-order valence-electron chi connectivity index (χ1n) is 9.14. The van der Waals surface area contributed by atoms with Crippen molar-refractivity contribution in [1.82, 2.24) is 0 Å². The van der Waals surface area contributed by atoms with Crippen LogP contribution in [0.1, 0.15) is 23.7 Å². The molecule has 27 heavy (non-hydrogen) atoms. The van der Waals surface area contributed by atoms with Crippen LogP contribution in [0.5, 0.6) is 5.75 Å². The predicted molar refractivity (Wildman–Crippen MR) is 105 cm³/mol. The van der Waals surface area contributed by atoms with Gasteiger partial charge in [0.1, 0.15) is 5.75 Å². The third-order valence-electron chi connectivity index (χ3n) is 4.39. The van der Waals surface area contributed by atoms with E-state index in [0.29, 0.717) is 17.7 Å². The van der Waals surface area contributed by atoms with Crippen LogP contribution < -0.4 is 15.0 Å². The highest BCUT2D eigenvalue weighted by Gasteiger charge is 2.11. The number of anilines is 2. The number of morpholine rings is 1. The van der Waals surface area contributed by atoms with E-state index in [0.717, 1.165) is 37.7 Å². The molecule has 1 saturated heterocycles. The molecule has 1 fully saturated rings. The molecular weight excluding hydrogens is 344 g/mol. The van der Waals surface area contributed by atoms with Crippen LogP contribution in [0.15, 0.2) is 48.5 Å². The van der Waals surface area contributed by atoms with Crippen molar-refractivity contribution in [3.05, 3.63) is 54.1 Å². The number of carbonyl (C=O) groups is 2. The molecule has 0 aliphatic carbocycles. The average Bonchev–Trinajstić information content (AvgIpc) is 2.73. The Morgan fingerprint density at radius 1 is 1.04 bits per heavy atom. The van der Waals surface area contributed by atoms with Crippen molar-refractivity contribution >= 4 is 23.1 Å². The molecule has 0 saturated carbocycles. The van der Waals surface area contributed by atoms with Gasteiger partial charge >= 0.3 is 0 Å². The van der Waals surface area contributed by atoms with Crippen molar-refractivity contribution in [1.29, 1.82) is 0 Å². The number of hydrogen-bond donors (Lipinski definition) is 1. The van der Waals surface area contributed by atoms with Crippen LogP contribution in [0.4, 0.5) is 11.4 Å². The lowest BCUT2D eigenvalue weighted by atomic mass is 10.1. The second-order valence-corrected chi connectivity index (χ2v) is 6.28. The molecule has 1 aliphatic rings. The average molecular weight is 368 g/mol. The molecule has 2 aromatic rings. The van der Waals surface area contributed by atoms with Crippen LogP contribution in [0.25, 0.3) is 0 Å². The van der Waals surface area contributed by atoms with E-state index in [2.05, 4.69) is 10.2 Å². The fourth-order valence-corrected chi connectivity index (χ4v) is 2.86. The molecule has 0 aromatic heterocycles. The van der Waals surface area contributed by atoms with Gasteiger partial charge in [-0.15, -0.1) is 0 Å². The number of hydrogen-bond acceptors (Lipinski definition) is 5. The zero-order chi connectivity index (χ0) is 19.1. The number of carbonyl (C=O) groups excluding carboxylic acids is 2. The van der Waals surface area contributed by atoms with Gasteiger partial charge < -0.3 is 19.7 Å². The van der Waals surface area contributed by atoms with Gasteiger partial charge in [-0.1, -0.05) is 6.92 Å². The Morgan fingerprint density at radius 2 is 1.70 bits per heavy atom. The lowest BCUT2D eigenvalue weighted by Gasteiger charge is -2.28. The van der Waals surface area contributed by atoms with Gasteiger partial charge in [0.15, 0.2) is 12.4 Å². The molecule has 6 nitrogen and oxygen atoms in total. The monoisotopic (exact) mass is 368 g/mol. The highest BCUT2D eigenvalue weighted by molar-refractivity contribution is 5.96. The van der Waals surface area contributed by atoms with Gasteiger partial charge in [0.25, 0.3) is 5.91 Å². The molecule has 1 aliphatic heterocycles. The zero-order valence-electron chi connectivity index (χ0n) is 15.4. The molecule has 1 heterocycles. The van der Waals surface area contributed by atoms with Crippen LogP contribution in [0, 0.1) is 0 Å². The summed E-state index contributed by atoms with van der Waals surface area (Å²) in [6, 6.07) is 14.6. The standard InChI is InChI=1S/C21H24N2O4/c1-2-20(24)16-3-9-19(10-4-16)27-15-21(25)22-17-5-7-18(8-6-17)23-11-13-26-14-12-23/h3-10H,2,11-15H2,1H3,(H,22,25). The van der Waals surface area contributed by atoms with Crippen molar-refractivity contribution in [2.75, 3.05) is 43.1 Å². The third kappa shape index (κ3) is 5.31. The summed E-state index contributed by atoms with van der Waals surface area (Å²) in [4.78, 5) is 25.9. The van der Waals surface area contributed by atoms with Gasteiger partial charge in [0, 0.05) is 36.4 Å². The summed E-state index contributed by atoms with van der Waals surface area (Å²) in [6.45, 7) is 4.97. The molecule has 2 aromatic carbocycles. The summed E-state index contributed by atoms with van der Waals surface area (Å²) in [6.07, 6.45) is 0.465. The number of benzene rings is 2. The van der Waals surface area contributed by atoms with E-state index in [4.69, 9.17) is 9.47 Å². The van der Waals surface area contributed by atoms with Gasteiger partial charge in [-0.25, -0.2) is 0 Å². The van der Waals surface area contributed by atoms with Gasteiger partial charge in [-0.2, -0.15) is 0 Å². The van der Waals surface area contributed by atoms with E-state index in [1.807, 2.05) is 31.2 Å². The SMILES string of the molecule is CCC(=O)c1ccc(OCC(=O)Nc2ccc(N3CCOCC3)cc2)cc1. The van der Waals surface area contributed by atoms with Crippen LogP contribution in [-0.2, 0) is 9.53 Å². The Bertz CT molecular complexity index is 766. The van der Waals surface area contributed by atoms with Gasteiger partial charge in [-0.05, 0) is 48.5 Å². The molecule has 142 valence electrons. The topological polar surface area (TPSA) is 67.9 Å². The molecule has 0 bridgehead atoms. The summed E-state index contributed by atoms with van der Waals surface area (Å²) in [5, 5.41) is 2.82. The Morgan fingerprint density at radius 3 is 2.33 bits per heavy atom. The van der Waals surface area contributed by atoms with Gasteiger partial charge in [-0.3, -0.25) is 9.59 Å². The number of Topliss-reactive ketones (excluding diaryl/α,β-unsaturated/α-hetero) is 1. The maximum Gasteiger partial charge on any atom is 0.262 e. The molecule has 1 N–H and O–H groups in total. The van der Waals surface area contributed by atoms with Crippen LogP contribution >= 0.6 is 0 Å². The van der Waals surface area contributed by atoms with Crippen LogP contribution in [0.3, 0.4) is 0 Å². The minimum absolute atomic E-state index is 0.0832. The van der Waals surface area contributed by atoms with Crippen molar-refractivity contribution in [3.63, 3.8) is 0 Å². The van der Waals surface area contributed by atoms with Crippen molar-refractivity contribution in [2.45, 2.75) is 13.3 Å². The number of nitrogens with zero attached hydrogens (tertiary/aromatic N) is 1. The second kappa shape index (κ2) is 9.19. The minimum atomic E-state index is -0.233. The van der Waals surface area contributed by atoms with Gasteiger partial charge in [0.2, 0.25) is 0 Å². The zero-order valence-corrected chi connectivity index (χ0v) is 15.4. The molecule has 0 spiro atoms. The Labute approximate surface area is 159 Å². The lowest BCUT2D eigenvalue weighted by Crippen LogP contribution is -2.36. The fraction of sp³-hybridized carbons (Fsp3) is 0.333. The smallest absolute Gasteiger partial charge is 0.262 e. The predicted octanol–water partition coefficient (Wildman–Crippen LogP) is 3.13. The highest BCUT2D eigenvalue weighted by Crippen LogP contribution is 2.19. The molecule has 0 unspecified atom stereocenters. The maximum atomic E-state index is 12.1. The summed E-state index contributed by atoms with van der Waals surface area (Å²) in [7, 11) is 0. The summed E-state index contributed by atoms with van der Waals surface area (Å²) in [5.74, 6) is 0.406. The molecule has 0 radical (unpaired) electrons. The number of ether oxygens (including phenoxy) is 2. The summed E-state index contributed by atoms with van der Waals surface area (Å²) in [5.41, 5.74) is 2.49. The fourth-order valence-electron chi connectivity index (χ4n) is 2.86. The summed E-state index contributed by atoms with van der Waals surface area (Å²) < 4.78 is 10.8. The van der Waals surface area contributed by atoms with Crippen molar-refractivity contribution in [2.24, 2.45) is 0 Å². The largest absolute Gasteiger partial charge is 0.484 e. The first-order valence-corrected chi connectivity index (χ1v) is 9.14. The van der Waals surface area contributed by atoms with E-state index in [1.165, 1.54) is 0 Å². The Hall–Kier alpha value is -2.86. The number of rotatable bonds is 7. The normalized spacial score (nSPS) is 13.9. The first-order chi connectivity index (χ1) is 13.2. The number of ketones is 1. The van der Waals surface area contributed by atoms with E-state index >= 15 is 0 Å². The van der Waals surface area contributed by atoms with E-state index in [1.54, 1.807) is 24.3 Å². The molecular formula is C21H24N2O4. The van der Waals surface area contributed by atoms with Crippen molar-refractivity contribution in [3.8, 4) is 5.75 Å². The molecule has 3 rings (SSSR count). The van der Waals surface area contributed by atoms with Crippen LogP contribution in [0.2, 0.25) is 0 Å². The minimum Gasteiger partial charge on any atom is -0.484 e. The van der Waals surface area contributed by atoms with E-state index in [-0.39, 0.29) is 18.3 Å². The van der Waals surface area contributed by atoms with Crippen molar-refractivity contribution < 1.29 is 19.1 Å². The van der Waals surface area contributed by atoms with Gasteiger partial charge in [0.05, 0.1) is 13.2 Å². The quantitative estimate of drug-likeness (QED) is 0.761. The number of amides is 1. The Balaban J connectivity index is 1.48. The van der Waals surface area contributed by atoms with Crippen LogP contribution in [-0.4, -0.2) is 44.6 Å². The lowest BCUT2D eigenvalue weighted by molar-refractivity contribution is -0.118. The Kier molecular flexibility index (Phi) is 6.44. The summed E-state index contributed by atoms with van der Waals surface area (Å²) >= 11 is 0. The second-order valence-electron chi connectivity index (χ2n) is 6.28. The molecule has 6 heteroatoms.